The first kappa shape index (κ1) is 23.1. The highest BCUT2D eigenvalue weighted by molar-refractivity contribution is 7.99. The zero-order chi connectivity index (χ0) is 23.3. The van der Waals surface area contributed by atoms with E-state index in [1.807, 2.05) is 6.26 Å². The first-order valence-corrected chi connectivity index (χ1v) is 10.4. The largest absolute Gasteiger partial charge is 0.478 e. The molecule has 2 heterocycles. The molecule has 2 aromatic heterocycles. The van der Waals surface area contributed by atoms with Crippen molar-refractivity contribution in [3.63, 3.8) is 0 Å². The lowest BCUT2D eigenvalue weighted by molar-refractivity contribution is -0.137. The summed E-state index contributed by atoms with van der Waals surface area (Å²) in [4.78, 5) is 23.1. The number of aromatic nitrogens is 3. The molecule has 0 spiro atoms. The number of nitrogens with one attached hydrogen (secondary N) is 2. The highest BCUT2D eigenvalue weighted by Crippen LogP contribution is 2.34. The first-order chi connectivity index (χ1) is 15.2. The van der Waals surface area contributed by atoms with Gasteiger partial charge < -0.3 is 20.0 Å². The van der Waals surface area contributed by atoms with Gasteiger partial charge >= 0.3 is 12.1 Å². The lowest BCUT2D eigenvalue weighted by Gasteiger charge is -2.19. The van der Waals surface area contributed by atoms with Gasteiger partial charge in [0, 0.05) is 43.5 Å². The number of pyridine rings is 1. The number of rotatable bonds is 8. The Morgan fingerprint density at radius 2 is 2.00 bits per heavy atom. The van der Waals surface area contributed by atoms with E-state index < -0.39 is 23.5 Å². The third-order valence-corrected chi connectivity index (χ3v) is 5.07. The Labute approximate surface area is 186 Å². The molecule has 0 aliphatic rings. The lowest BCUT2D eigenvalue weighted by atomic mass is 10.2. The van der Waals surface area contributed by atoms with E-state index in [0.717, 1.165) is 0 Å². The number of carbonyl (C=O) groups is 1. The highest BCUT2D eigenvalue weighted by Gasteiger charge is 2.35. The minimum atomic E-state index is -4.67. The SMILES string of the molecule is CSN(C)c1ncccc1CNc1nc(Nc2cccc(C(=O)O)c2)ncc1C(F)(F)F. The Hall–Kier alpha value is -3.54. The summed E-state index contributed by atoms with van der Waals surface area (Å²) < 4.78 is 42.3. The Morgan fingerprint density at radius 3 is 2.69 bits per heavy atom. The fraction of sp³-hybridized carbons (Fsp3) is 0.200. The topological polar surface area (TPSA) is 103 Å². The smallest absolute Gasteiger partial charge is 0.421 e. The molecule has 0 unspecified atom stereocenters. The van der Waals surface area contributed by atoms with Crippen molar-refractivity contribution in [2.24, 2.45) is 0 Å². The summed E-state index contributed by atoms with van der Waals surface area (Å²) in [6, 6.07) is 9.23. The highest BCUT2D eigenvalue weighted by atomic mass is 32.2. The van der Waals surface area contributed by atoms with Crippen molar-refractivity contribution < 1.29 is 23.1 Å². The Morgan fingerprint density at radius 1 is 1.22 bits per heavy atom. The molecule has 0 bridgehead atoms. The van der Waals surface area contributed by atoms with Gasteiger partial charge in [0.15, 0.2) is 0 Å². The average Bonchev–Trinajstić information content (AvgIpc) is 2.77. The third kappa shape index (κ3) is 5.58. The summed E-state index contributed by atoms with van der Waals surface area (Å²) in [6.07, 6.45) is -0.533. The summed E-state index contributed by atoms with van der Waals surface area (Å²) in [5, 5.41) is 14.6. The van der Waals surface area contributed by atoms with E-state index in [9.17, 15) is 18.0 Å². The van der Waals surface area contributed by atoms with Gasteiger partial charge in [-0.3, -0.25) is 0 Å². The molecule has 8 nitrogen and oxygen atoms in total. The van der Waals surface area contributed by atoms with Gasteiger partial charge in [-0.05, 0) is 24.3 Å². The van der Waals surface area contributed by atoms with Gasteiger partial charge in [0.1, 0.15) is 17.2 Å². The maximum Gasteiger partial charge on any atom is 0.421 e. The van der Waals surface area contributed by atoms with Gasteiger partial charge in [-0.25, -0.2) is 14.8 Å². The van der Waals surface area contributed by atoms with Crippen molar-refractivity contribution in [1.29, 1.82) is 0 Å². The molecule has 168 valence electrons. The first-order valence-electron chi connectivity index (χ1n) is 9.19. The van der Waals surface area contributed by atoms with Crippen LogP contribution in [0.25, 0.3) is 0 Å². The van der Waals surface area contributed by atoms with Crippen LogP contribution in [0.15, 0.2) is 48.8 Å². The van der Waals surface area contributed by atoms with Crippen LogP contribution in [0.4, 0.5) is 36.4 Å². The number of aromatic carboxylic acids is 1. The normalized spacial score (nSPS) is 11.2. The number of nitrogens with zero attached hydrogens (tertiary/aromatic N) is 4. The van der Waals surface area contributed by atoms with E-state index >= 15 is 0 Å². The van der Waals surface area contributed by atoms with Crippen LogP contribution in [0.1, 0.15) is 21.5 Å². The third-order valence-electron chi connectivity index (χ3n) is 4.35. The zero-order valence-electron chi connectivity index (χ0n) is 17.0. The Bertz CT molecular complexity index is 1110. The van der Waals surface area contributed by atoms with Crippen LogP contribution < -0.4 is 14.9 Å². The summed E-state index contributed by atoms with van der Waals surface area (Å²) in [5.41, 5.74) is -0.000200. The van der Waals surface area contributed by atoms with Gasteiger partial charge in [-0.15, -0.1) is 0 Å². The van der Waals surface area contributed by atoms with Gasteiger partial charge in [-0.2, -0.15) is 18.2 Å². The van der Waals surface area contributed by atoms with Crippen LogP contribution in [-0.2, 0) is 12.7 Å². The van der Waals surface area contributed by atoms with Gasteiger partial charge in [0.05, 0.1) is 5.56 Å². The van der Waals surface area contributed by atoms with Crippen LogP contribution in [0.3, 0.4) is 0 Å². The molecular weight excluding hydrogens is 445 g/mol. The van der Waals surface area contributed by atoms with Crippen LogP contribution in [-0.4, -0.2) is 39.3 Å². The molecule has 12 heteroatoms. The molecule has 3 N–H and O–H groups in total. The summed E-state index contributed by atoms with van der Waals surface area (Å²) in [5.74, 6) is -1.05. The van der Waals surface area contributed by atoms with E-state index in [1.165, 1.54) is 30.1 Å². The number of anilines is 4. The van der Waals surface area contributed by atoms with Crippen molar-refractivity contribution in [3.05, 3.63) is 65.5 Å². The number of hydrogen-bond acceptors (Lipinski definition) is 8. The average molecular weight is 464 g/mol. The predicted molar refractivity (Wildman–Crippen MR) is 117 cm³/mol. The second-order valence-corrected chi connectivity index (χ2v) is 7.40. The van der Waals surface area contributed by atoms with E-state index in [-0.39, 0.29) is 18.1 Å². The fourth-order valence-corrected chi connectivity index (χ4v) is 3.10. The number of alkyl halides is 3. The number of benzene rings is 1. The second-order valence-electron chi connectivity index (χ2n) is 6.48. The predicted octanol–water partition coefficient (Wildman–Crippen LogP) is 4.66. The van der Waals surface area contributed by atoms with E-state index in [1.54, 1.807) is 35.7 Å². The molecule has 0 aliphatic heterocycles. The molecule has 0 saturated carbocycles. The molecule has 0 fully saturated rings. The number of carboxylic acids is 1. The number of hydrogen-bond donors (Lipinski definition) is 3. The van der Waals surface area contributed by atoms with Crippen molar-refractivity contribution in [3.8, 4) is 0 Å². The second kappa shape index (κ2) is 9.73. The van der Waals surface area contributed by atoms with Crippen molar-refractivity contribution in [2.75, 3.05) is 28.2 Å². The van der Waals surface area contributed by atoms with E-state index in [2.05, 4.69) is 25.6 Å². The minimum Gasteiger partial charge on any atom is -0.478 e. The van der Waals surface area contributed by atoms with Gasteiger partial charge in [0.25, 0.3) is 0 Å². The van der Waals surface area contributed by atoms with Crippen LogP contribution in [0.5, 0.6) is 0 Å². The Balaban J connectivity index is 1.89. The van der Waals surface area contributed by atoms with Crippen molar-refractivity contribution >= 4 is 41.2 Å². The van der Waals surface area contributed by atoms with Gasteiger partial charge in [-0.1, -0.05) is 24.1 Å². The summed E-state index contributed by atoms with van der Waals surface area (Å²) in [7, 11) is 1.80. The zero-order valence-corrected chi connectivity index (χ0v) is 17.8. The summed E-state index contributed by atoms with van der Waals surface area (Å²) >= 11 is 1.41. The maximum atomic E-state index is 13.5. The monoisotopic (exact) mass is 464 g/mol. The van der Waals surface area contributed by atoms with Gasteiger partial charge in [0.2, 0.25) is 5.95 Å². The van der Waals surface area contributed by atoms with Crippen molar-refractivity contribution in [2.45, 2.75) is 12.7 Å². The Kier molecular flexibility index (Phi) is 7.03. The molecule has 0 amide bonds. The maximum absolute atomic E-state index is 13.5. The molecule has 1 aromatic carbocycles. The molecule has 0 atom stereocenters. The van der Waals surface area contributed by atoms with E-state index in [4.69, 9.17) is 5.11 Å². The molecular formula is C20H19F3N6O2S. The van der Waals surface area contributed by atoms with Crippen LogP contribution >= 0.6 is 11.9 Å². The van der Waals surface area contributed by atoms with Crippen LogP contribution in [0, 0.1) is 0 Å². The molecule has 0 saturated heterocycles. The summed E-state index contributed by atoms with van der Waals surface area (Å²) in [6.45, 7) is 0.0438. The molecule has 0 radical (unpaired) electrons. The standard InChI is InChI=1S/C20H19F3N6O2S/c1-29(32-2)17-13(6-4-8-24-17)10-25-16-15(20(21,22)23)11-26-19(28-16)27-14-7-3-5-12(9-14)18(30)31/h3-9,11H,10H2,1-2H3,(H,30,31)(H2,25,26,27,28). The van der Waals surface area contributed by atoms with Crippen molar-refractivity contribution in [1.82, 2.24) is 15.0 Å². The van der Waals surface area contributed by atoms with E-state index in [0.29, 0.717) is 23.3 Å². The van der Waals surface area contributed by atoms with Crippen LogP contribution in [0.2, 0.25) is 0 Å². The molecule has 32 heavy (non-hydrogen) atoms. The quantitative estimate of drug-likeness (QED) is 0.411. The molecule has 3 rings (SSSR count). The minimum absolute atomic E-state index is 0.0160. The molecule has 0 aliphatic carbocycles. The number of halogens is 3. The lowest BCUT2D eigenvalue weighted by Crippen LogP contribution is -2.16. The fourth-order valence-electron chi connectivity index (χ4n) is 2.76. The molecule has 3 aromatic rings. The number of carboxylic acid groups (broad SMARTS) is 1.